The van der Waals surface area contributed by atoms with Gasteiger partial charge < -0.3 is 9.80 Å². The predicted molar refractivity (Wildman–Crippen MR) is 80.7 cm³/mol. The monoisotopic (exact) mass is 255 g/mol. The smallest absolute Gasteiger partial charge is 0.0722 e. The van der Waals surface area contributed by atoms with E-state index >= 15 is 0 Å². The average Bonchev–Trinajstić information content (AvgIpc) is 2.83. The maximum Gasteiger partial charge on any atom is 0.0722 e. The molecule has 1 aliphatic rings. The maximum atomic E-state index is 4.43. The van der Waals surface area contributed by atoms with Crippen molar-refractivity contribution in [3.8, 4) is 0 Å². The lowest BCUT2D eigenvalue weighted by atomic mass is 10.1. The molecule has 1 atom stereocenters. The molecule has 0 amide bonds. The second kappa shape index (κ2) is 5.17. The first-order valence-electron chi connectivity index (χ1n) is 7.01. The summed E-state index contributed by atoms with van der Waals surface area (Å²) in [6.45, 7) is 2.32. The minimum Gasteiger partial charge on any atom is -0.372 e. The molecule has 1 aliphatic heterocycles. The number of likely N-dealkylation sites (N-methyl/N-ethyl adjacent to an activating group) is 2. The summed E-state index contributed by atoms with van der Waals surface area (Å²) in [5, 5.41) is 1.24. The third-order valence-electron chi connectivity index (χ3n) is 4.19. The number of likely N-dealkylation sites (tertiary alicyclic amines) is 1. The van der Waals surface area contributed by atoms with Crippen LogP contribution in [0.25, 0.3) is 10.9 Å². The summed E-state index contributed by atoms with van der Waals surface area (Å²) >= 11 is 0. The van der Waals surface area contributed by atoms with Crippen LogP contribution in [0.2, 0.25) is 0 Å². The Morgan fingerprint density at radius 2 is 2.16 bits per heavy atom. The average molecular weight is 255 g/mol. The molecule has 3 nitrogen and oxygen atoms in total. The fourth-order valence-corrected chi connectivity index (χ4v) is 3.04. The van der Waals surface area contributed by atoms with Crippen LogP contribution in [0.5, 0.6) is 0 Å². The zero-order valence-corrected chi connectivity index (χ0v) is 11.7. The van der Waals surface area contributed by atoms with Crippen LogP contribution >= 0.6 is 0 Å². The van der Waals surface area contributed by atoms with E-state index in [9.17, 15) is 0 Å². The second-order valence-corrected chi connectivity index (χ2v) is 5.50. The normalized spacial score (nSPS) is 20.0. The van der Waals surface area contributed by atoms with Crippen LogP contribution < -0.4 is 4.90 Å². The van der Waals surface area contributed by atoms with Crippen molar-refractivity contribution < 1.29 is 0 Å². The van der Waals surface area contributed by atoms with Crippen LogP contribution in [0.3, 0.4) is 0 Å². The van der Waals surface area contributed by atoms with Crippen LogP contribution in [0, 0.1) is 0 Å². The van der Waals surface area contributed by atoms with Crippen molar-refractivity contribution in [1.29, 1.82) is 0 Å². The fraction of sp³-hybridized carbons (Fsp3) is 0.438. The number of para-hydroxylation sites is 1. The standard InChI is InChI=1S/C16H21N3/c1-18-11-5-6-13(18)12-19(2)16-9-10-17-15-8-4-3-7-14(15)16/h3-4,7-10,13H,5-6,11-12H2,1-2H3. The summed E-state index contributed by atoms with van der Waals surface area (Å²) in [7, 11) is 4.42. The van der Waals surface area contributed by atoms with Crippen molar-refractivity contribution >= 4 is 16.6 Å². The summed E-state index contributed by atoms with van der Waals surface area (Å²) in [6, 6.07) is 11.2. The van der Waals surface area contributed by atoms with Gasteiger partial charge in [0.15, 0.2) is 0 Å². The third-order valence-corrected chi connectivity index (χ3v) is 4.19. The molecule has 100 valence electrons. The van der Waals surface area contributed by atoms with E-state index in [4.69, 9.17) is 0 Å². The van der Waals surface area contributed by atoms with Crippen LogP contribution in [0.1, 0.15) is 12.8 Å². The van der Waals surface area contributed by atoms with Gasteiger partial charge in [0.25, 0.3) is 0 Å². The van der Waals surface area contributed by atoms with Crippen molar-refractivity contribution in [2.75, 3.05) is 32.1 Å². The van der Waals surface area contributed by atoms with Crippen molar-refractivity contribution in [1.82, 2.24) is 9.88 Å². The van der Waals surface area contributed by atoms with Gasteiger partial charge in [-0.15, -0.1) is 0 Å². The van der Waals surface area contributed by atoms with Gasteiger partial charge in [-0.2, -0.15) is 0 Å². The topological polar surface area (TPSA) is 19.4 Å². The molecule has 0 spiro atoms. The molecule has 0 saturated carbocycles. The van der Waals surface area contributed by atoms with Gasteiger partial charge in [0.2, 0.25) is 0 Å². The molecule has 1 aromatic carbocycles. The van der Waals surface area contributed by atoms with Crippen LogP contribution in [0.15, 0.2) is 36.5 Å². The Hall–Kier alpha value is -1.61. The Labute approximate surface area is 114 Å². The summed E-state index contributed by atoms with van der Waals surface area (Å²) < 4.78 is 0. The Bertz CT molecular complexity index is 561. The second-order valence-electron chi connectivity index (χ2n) is 5.50. The summed E-state index contributed by atoms with van der Waals surface area (Å²) in [5.74, 6) is 0. The van der Waals surface area contributed by atoms with E-state index in [2.05, 4.69) is 53.1 Å². The number of anilines is 1. The highest BCUT2D eigenvalue weighted by Crippen LogP contribution is 2.25. The summed E-state index contributed by atoms with van der Waals surface area (Å²) in [6.07, 6.45) is 4.54. The molecule has 1 fully saturated rings. The van der Waals surface area contributed by atoms with E-state index in [1.807, 2.05) is 12.3 Å². The number of fused-ring (bicyclic) bond motifs is 1. The molecular weight excluding hydrogens is 234 g/mol. The van der Waals surface area contributed by atoms with E-state index in [1.165, 1.54) is 30.5 Å². The molecular formula is C16H21N3. The molecule has 1 unspecified atom stereocenters. The first-order valence-corrected chi connectivity index (χ1v) is 7.01. The van der Waals surface area contributed by atoms with Gasteiger partial charge in [-0.1, -0.05) is 18.2 Å². The third kappa shape index (κ3) is 2.43. The number of hydrogen-bond acceptors (Lipinski definition) is 3. The molecule has 0 bridgehead atoms. The SMILES string of the molecule is CN(CC1CCCN1C)c1ccnc2ccccc12. The molecule has 0 N–H and O–H groups in total. The Balaban J connectivity index is 1.87. The Morgan fingerprint density at radius 1 is 1.32 bits per heavy atom. The molecule has 19 heavy (non-hydrogen) atoms. The van der Waals surface area contributed by atoms with Crippen molar-refractivity contribution in [3.63, 3.8) is 0 Å². The minimum absolute atomic E-state index is 0.678. The van der Waals surface area contributed by atoms with Crippen LogP contribution in [0.4, 0.5) is 5.69 Å². The largest absolute Gasteiger partial charge is 0.372 e. The quantitative estimate of drug-likeness (QED) is 0.840. The highest BCUT2D eigenvalue weighted by Gasteiger charge is 2.22. The van der Waals surface area contributed by atoms with Crippen LogP contribution in [-0.4, -0.2) is 43.1 Å². The van der Waals surface area contributed by atoms with Gasteiger partial charge in [-0.3, -0.25) is 4.98 Å². The van der Waals surface area contributed by atoms with Crippen molar-refractivity contribution in [3.05, 3.63) is 36.5 Å². The van der Waals surface area contributed by atoms with Crippen LogP contribution in [-0.2, 0) is 0 Å². The van der Waals surface area contributed by atoms with E-state index in [1.54, 1.807) is 0 Å². The van der Waals surface area contributed by atoms with Gasteiger partial charge >= 0.3 is 0 Å². The zero-order valence-electron chi connectivity index (χ0n) is 11.7. The first kappa shape index (κ1) is 12.4. The summed E-state index contributed by atoms with van der Waals surface area (Å²) in [5.41, 5.74) is 2.36. The molecule has 1 saturated heterocycles. The van der Waals surface area contributed by atoms with E-state index in [-0.39, 0.29) is 0 Å². The Morgan fingerprint density at radius 3 is 2.95 bits per heavy atom. The molecule has 2 heterocycles. The lowest BCUT2D eigenvalue weighted by Crippen LogP contribution is -2.36. The number of nitrogens with zero attached hydrogens (tertiary/aromatic N) is 3. The maximum absolute atomic E-state index is 4.43. The van der Waals surface area contributed by atoms with Gasteiger partial charge in [0, 0.05) is 36.9 Å². The number of aromatic nitrogens is 1. The lowest BCUT2D eigenvalue weighted by molar-refractivity contribution is 0.314. The fourth-order valence-electron chi connectivity index (χ4n) is 3.04. The molecule has 3 rings (SSSR count). The number of rotatable bonds is 3. The summed E-state index contributed by atoms with van der Waals surface area (Å²) in [4.78, 5) is 9.28. The minimum atomic E-state index is 0.678. The van der Waals surface area contributed by atoms with E-state index in [0.29, 0.717) is 6.04 Å². The highest BCUT2D eigenvalue weighted by atomic mass is 15.2. The van der Waals surface area contributed by atoms with Gasteiger partial charge in [0.1, 0.15) is 0 Å². The van der Waals surface area contributed by atoms with Gasteiger partial charge in [-0.05, 0) is 38.6 Å². The first-order chi connectivity index (χ1) is 9.25. The highest BCUT2D eigenvalue weighted by molar-refractivity contribution is 5.91. The van der Waals surface area contributed by atoms with Crippen molar-refractivity contribution in [2.24, 2.45) is 0 Å². The van der Waals surface area contributed by atoms with E-state index in [0.717, 1.165) is 12.1 Å². The molecule has 0 aliphatic carbocycles. The van der Waals surface area contributed by atoms with Crippen molar-refractivity contribution in [2.45, 2.75) is 18.9 Å². The number of hydrogen-bond donors (Lipinski definition) is 0. The molecule has 1 aromatic heterocycles. The predicted octanol–water partition coefficient (Wildman–Crippen LogP) is 2.77. The van der Waals surface area contributed by atoms with Gasteiger partial charge in [-0.25, -0.2) is 0 Å². The Kier molecular flexibility index (Phi) is 3.38. The number of benzene rings is 1. The molecule has 0 radical (unpaired) electrons. The zero-order chi connectivity index (χ0) is 13.2. The lowest BCUT2D eigenvalue weighted by Gasteiger charge is -2.28. The molecule has 3 heteroatoms. The van der Waals surface area contributed by atoms with E-state index < -0.39 is 0 Å². The van der Waals surface area contributed by atoms with Gasteiger partial charge in [0.05, 0.1) is 5.52 Å². The molecule has 2 aromatic rings. The number of pyridine rings is 1.